The van der Waals surface area contributed by atoms with Gasteiger partial charge in [0.2, 0.25) is 5.95 Å². The summed E-state index contributed by atoms with van der Waals surface area (Å²) in [5.41, 5.74) is 3.30. The highest BCUT2D eigenvalue weighted by Crippen LogP contribution is 2.23. The average Bonchev–Trinajstić information content (AvgIpc) is 2.94. The second-order valence-corrected chi connectivity index (χ2v) is 6.51. The summed E-state index contributed by atoms with van der Waals surface area (Å²) in [7, 11) is 0. The monoisotopic (exact) mass is 366 g/mol. The number of carbonyl (C=O) groups is 1. The number of para-hydroxylation sites is 2. The van der Waals surface area contributed by atoms with E-state index < -0.39 is 6.09 Å². The number of nitrogens with zero attached hydrogens (tertiary/aromatic N) is 2. The summed E-state index contributed by atoms with van der Waals surface area (Å²) >= 11 is 0. The fraction of sp³-hybridized carbons (Fsp3) is 0.250. The molecule has 0 radical (unpaired) electrons. The number of hydrogen-bond donors (Lipinski definition) is 2. The molecule has 0 unspecified atom stereocenters. The second-order valence-electron chi connectivity index (χ2n) is 6.51. The van der Waals surface area contributed by atoms with Gasteiger partial charge in [-0.3, -0.25) is 10.7 Å². The summed E-state index contributed by atoms with van der Waals surface area (Å²) in [5, 5.41) is 11.0. The van der Waals surface area contributed by atoms with Crippen molar-refractivity contribution in [3.8, 4) is 5.75 Å². The van der Waals surface area contributed by atoms with Crippen molar-refractivity contribution < 1.29 is 14.3 Å². The standard InChI is InChI=1S/C20H22N4O3/c1-12(2)26-20(25)23-19-22-15-7-5-6-8-16(15)24(19)18(21)27-17-10-9-13(3)11-14(17)4/h5-12,21H,1-4H3,(H,22,23,25). The summed E-state index contributed by atoms with van der Waals surface area (Å²) in [5.74, 6) is 0.732. The number of ether oxygens (including phenoxy) is 2. The van der Waals surface area contributed by atoms with Crippen molar-refractivity contribution in [2.24, 2.45) is 0 Å². The minimum absolute atomic E-state index is 0.164. The van der Waals surface area contributed by atoms with Crippen LogP contribution in [0.3, 0.4) is 0 Å². The Morgan fingerprint density at radius 1 is 1.19 bits per heavy atom. The van der Waals surface area contributed by atoms with Gasteiger partial charge >= 0.3 is 12.1 Å². The molecule has 2 N–H and O–H groups in total. The molecule has 0 spiro atoms. The average molecular weight is 366 g/mol. The van der Waals surface area contributed by atoms with Gasteiger partial charge < -0.3 is 9.47 Å². The Bertz CT molecular complexity index is 1010. The molecule has 140 valence electrons. The van der Waals surface area contributed by atoms with E-state index in [0.29, 0.717) is 16.8 Å². The zero-order valence-corrected chi connectivity index (χ0v) is 15.7. The quantitative estimate of drug-likeness (QED) is 0.528. The van der Waals surface area contributed by atoms with Crippen LogP contribution in [0, 0.1) is 19.3 Å². The Kier molecular flexibility index (Phi) is 5.12. The van der Waals surface area contributed by atoms with Gasteiger partial charge in [-0.1, -0.05) is 29.8 Å². The lowest BCUT2D eigenvalue weighted by Crippen LogP contribution is -2.25. The molecule has 0 aliphatic heterocycles. The number of aromatic nitrogens is 2. The van der Waals surface area contributed by atoms with Gasteiger partial charge in [0.25, 0.3) is 0 Å². The van der Waals surface area contributed by atoms with Gasteiger partial charge in [-0.15, -0.1) is 0 Å². The highest BCUT2D eigenvalue weighted by atomic mass is 16.6. The topological polar surface area (TPSA) is 89.2 Å². The Morgan fingerprint density at radius 3 is 2.63 bits per heavy atom. The van der Waals surface area contributed by atoms with E-state index in [0.717, 1.165) is 11.1 Å². The molecule has 3 aromatic rings. The molecule has 0 fully saturated rings. The summed E-state index contributed by atoms with van der Waals surface area (Å²) in [6, 6.07) is 12.8. The molecule has 0 saturated heterocycles. The van der Waals surface area contributed by atoms with Crippen LogP contribution in [0.5, 0.6) is 5.75 Å². The van der Waals surface area contributed by atoms with Crippen LogP contribution in [0.2, 0.25) is 0 Å². The predicted molar refractivity (Wildman–Crippen MR) is 105 cm³/mol. The third-order valence-corrected chi connectivity index (χ3v) is 3.86. The number of imidazole rings is 1. The molecule has 0 bridgehead atoms. The van der Waals surface area contributed by atoms with E-state index in [1.807, 2.05) is 44.2 Å². The van der Waals surface area contributed by atoms with Gasteiger partial charge in [-0.25, -0.2) is 14.3 Å². The number of benzene rings is 2. The van der Waals surface area contributed by atoms with E-state index in [1.165, 1.54) is 4.57 Å². The normalized spacial score (nSPS) is 10.9. The summed E-state index contributed by atoms with van der Waals surface area (Å²) in [6.07, 6.45) is -0.908. The largest absolute Gasteiger partial charge is 0.447 e. The van der Waals surface area contributed by atoms with Gasteiger partial charge in [-0.05, 0) is 51.5 Å². The summed E-state index contributed by atoms with van der Waals surface area (Å²) < 4.78 is 12.3. The van der Waals surface area contributed by atoms with E-state index in [2.05, 4.69) is 10.3 Å². The summed E-state index contributed by atoms with van der Waals surface area (Å²) in [4.78, 5) is 16.4. The number of carbonyl (C=O) groups excluding carboxylic acids is 1. The van der Waals surface area contributed by atoms with Crippen LogP contribution in [0.4, 0.5) is 10.7 Å². The zero-order valence-electron chi connectivity index (χ0n) is 15.7. The number of aryl methyl sites for hydroxylation is 2. The van der Waals surface area contributed by atoms with Crippen molar-refractivity contribution in [1.29, 1.82) is 5.41 Å². The lowest BCUT2D eigenvalue weighted by molar-refractivity contribution is 0.129. The van der Waals surface area contributed by atoms with E-state index in [4.69, 9.17) is 14.9 Å². The van der Waals surface area contributed by atoms with Crippen molar-refractivity contribution in [2.45, 2.75) is 33.8 Å². The van der Waals surface area contributed by atoms with Crippen LogP contribution in [-0.4, -0.2) is 27.8 Å². The van der Waals surface area contributed by atoms with Crippen LogP contribution in [0.15, 0.2) is 42.5 Å². The molecule has 3 rings (SSSR count). The van der Waals surface area contributed by atoms with Gasteiger partial charge in [0.05, 0.1) is 17.1 Å². The fourth-order valence-corrected chi connectivity index (χ4v) is 2.71. The molecule has 7 heteroatoms. The van der Waals surface area contributed by atoms with Crippen LogP contribution in [-0.2, 0) is 4.74 Å². The smallest absolute Gasteiger partial charge is 0.414 e. The first-order valence-corrected chi connectivity index (χ1v) is 8.64. The maximum Gasteiger partial charge on any atom is 0.414 e. The Hall–Kier alpha value is -3.35. The van der Waals surface area contributed by atoms with Gasteiger partial charge in [0.15, 0.2) is 0 Å². The number of rotatable bonds is 3. The van der Waals surface area contributed by atoms with E-state index in [9.17, 15) is 4.79 Å². The Labute approximate surface area is 157 Å². The van der Waals surface area contributed by atoms with E-state index in [-0.39, 0.29) is 18.1 Å². The van der Waals surface area contributed by atoms with E-state index in [1.54, 1.807) is 26.0 Å². The third kappa shape index (κ3) is 4.08. The first-order chi connectivity index (χ1) is 12.8. The maximum atomic E-state index is 12.0. The minimum atomic E-state index is -0.638. The van der Waals surface area contributed by atoms with Crippen LogP contribution >= 0.6 is 0 Å². The Balaban J connectivity index is 1.97. The SMILES string of the molecule is Cc1ccc(OC(=N)n2c(NC(=O)OC(C)C)nc3ccccc32)c(C)c1. The van der Waals surface area contributed by atoms with Crippen molar-refractivity contribution in [3.05, 3.63) is 53.6 Å². The fourth-order valence-electron chi connectivity index (χ4n) is 2.71. The molecular formula is C20H22N4O3. The second kappa shape index (κ2) is 7.49. The first kappa shape index (κ1) is 18.4. The van der Waals surface area contributed by atoms with Crippen molar-refractivity contribution >= 4 is 29.1 Å². The number of amides is 1. The molecule has 27 heavy (non-hydrogen) atoms. The lowest BCUT2D eigenvalue weighted by Gasteiger charge is -2.14. The molecule has 1 heterocycles. The first-order valence-electron chi connectivity index (χ1n) is 8.64. The maximum absolute atomic E-state index is 12.0. The van der Waals surface area contributed by atoms with Crippen LogP contribution in [0.1, 0.15) is 25.0 Å². The highest BCUT2D eigenvalue weighted by molar-refractivity contribution is 5.95. The Morgan fingerprint density at radius 2 is 1.93 bits per heavy atom. The van der Waals surface area contributed by atoms with Gasteiger partial charge in [-0.2, -0.15) is 0 Å². The zero-order chi connectivity index (χ0) is 19.6. The molecule has 7 nitrogen and oxygen atoms in total. The molecule has 0 aliphatic carbocycles. The minimum Gasteiger partial charge on any atom is -0.447 e. The molecule has 2 aromatic carbocycles. The lowest BCUT2D eigenvalue weighted by atomic mass is 10.1. The van der Waals surface area contributed by atoms with Crippen molar-refractivity contribution in [2.75, 3.05) is 5.32 Å². The molecular weight excluding hydrogens is 344 g/mol. The molecule has 0 saturated carbocycles. The highest BCUT2D eigenvalue weighted by Gasteiger charge is 2.19. The molecule has 1 amide bonds. The molecule has 0 aliphatic rings. The number of nitrogens with one attached hydrogen (secondary N) is 2. The van der Waals surface area contributed by atoms with Crippen LogP contribution in [0.25, 0.3) is 11.0 Å². The van der Waals surface area contributed by atoms with Gasteiger partial charge in [0, 0.05) is 0 Å². The predicted octanol–water partition coefficient (Wildman–Crippen LogP) is 4.47. The van der Waals surface area contributed by atoms with Crippen molar-refractivity contribution in [3.63, 3.8) is 0 Å². The van der Waals surface area contributed by atoms with E-state index >= 15 is 0 Å². The number of anilines is 1. The van der Waals surface area contributed by atoms with Crippen LogP contribution < -0.4 is 10.1 Å². The third-order valence-electron chi connectivity index (χ3n) is 3.86. The number of hydrogen-bond acceptors (Lipinski definition) is 5. The molecule has 0 atom stereocenters. The van der Waals surface area contributed by atoms with Gasteiger partial charge in [0.1, 0.15) is 5.75 Å². The van der Waals surface area contributed by atoms with Crippen molar-refractivity contribution in [1.82, 2.24) is 9.55 Å². The molecule has 1 aromatic heterocycles. The number of fused-ring (bicyclic) bond motifs is 1. The summed E-state index contributed by atoms with van der Waals surface area (Å²) in [6.45, 7) is 7.43.